The molecule has 0 atom stereocenters. The van der Waals surface area contributed by atoms with Crippen LogP contribution >= 0.6 is 0 Å². The van der Waals surface area contributed by atoms with Gasteiger partial charge in [0.1, 0.15) is 0 Å². The van der Waals surface area contributed by atoms with Gasteiger partial charge in [-0.15, -0.1) is 0 Å². The first-order valence-corrected chi connectivity index (χ1v) is 3.70. The summed E-state index contributed by atoms with van der Waals surface area (Å²) in [5.74, 6) is 6.52. The molecule has 11 heavy (non-hydrogen) atoms. The number of hydrogen-bond acceptors (Lipinski definition) is 3. The molecule has 0 saturated carbocycles. The SMILES string of the molecule is CC(C)Cn1cnc(NN)c1. The molecule has 1 aromatic rings. The second-order valence-electron chi connectivity index (χ2n) is 2.99. The van der Waals surface area contributed by atoms with Gasteiger partial charge in [0.25, 0.3) is 0 Å². The van der Waals surface area contributed by atoms with Gasteiger partial charge in [0.15, 0.2) is 5.82 Å². The summed E-state index contributed by atoms with van der Waals surface area (Å²) in [7, 11) is 0. The predicted molar refractivity (Wildman–Crippen MR) is 44.9 cm³/mol. The Kier molecular flexibility index (Phi) is 2.48. The first-order valence-electron chi connectivity index (χ1n) is 3.70. The minimum absolute atomic E-state index is 0.634. The predicted octanol–water partition coefficient (Wildman–Crippen LogP) is 0.825. The molecule has 0 saturated heterocycles. The van der Waals surface area contributed by atoms with Crippen LogP contribution in [-0.2, 0) is 6.54 Å². The van der Waals surface area contributed by atoms with E-state index in [1.807, 2.05) is 10.8 Å². The molecule has 1 aromatic heterocycles. The van der Waals surface area contributed by atoms with Crippen molar-refractivity contribution in [3.05, 3.63) is 12.5 Å². The van der Waals surface area contributed by atoms with Gasteiger partial charge in [-0.25, -0.2) is 10.8 Å². The molecule has 0 unspecified atom stereocenters. The molecule has 0 bridgehead atoms. The Bertz CT molecular complexity index is 216. The third kappa shape index (κ3) is 2.23. The van der Waals surface area contributed by atoms with Gasteiger partial charge < -0.3 is 9.99 Å². The topological polar surface area (TPSA) is 55.9 Å². The van der Waals surface area contributed by atoms with Crippen LogP contribution in [0.15, 0.2) is 12.5 Å². The second-order valence-corrected chi connectivity index (χ2v) is 2.99. The van der Waals surface area contributed by atoms with Crippen molar-refractivity contribution in [2.24, 2.45) is 11.8 Å². The smallest absolute Gasteiger partial charge is 0.158 e. The Hall–Kier alpha value is -1.03. The number of aromatic nitrogens is 2. The van der Waals surface area contributed by atoms with Gasteiger partial charge in [0, 0.05) is 12.7 Å². The summed E-state index contributed by atoms with van der Waals surface area (Å²) in [4.78, 5) is 4.01. The number of hydrogen-bond donors (Lipinski definition) is 2. The largest absolute Gasteiger partial charge is 0.335 e. The maximum atomic E-state index is 5.17. The van der Waals surface area contributed by atoms with Crippen LogP contribution in [0.2, 0.25) is 0 Å². The molecule has 4 heteroatoms. The van der Waals surface area contributed by atoms with E-state index in [-0.39, 0.29) is 0 Å². The Balaban J connectivity index is 2.58. The summed E-state index contributed by atoms with van der Waals surface area (Å²) in [6.45, 7) is 5.31. The van der Waals surface area contributed by atoms with Crippen LogP contribution in [0, 0.1) is 5.92 Å². The number of nitrogens with one attached hydrogen (secondary N) is 1. The summed E-state index contributed by atoms with van der Waals surface area (Å²) in [6.07, 6.45) is 3.66. The van der Waals surface area contributed by atoms with Gasteiger partial charge in [-0.05, 0) is 5.92 Å². The number of nitrogen functional groups attached to an aromatic ring is 1. The van der Waals surface area contributed by atoms with Crippen molar-refractivity contribution in [3.8, 4) is 0 Å². The minimum Gasteiger partial charge on any atom is -0.335 e. The monoisotopic (exact) mass is 154 g/mol. The normalized spacial score (nSPS) is 10.5. The fourth-order valence-corrected chi connectivity index (χ4v) is 0.956. The summed E-state index contributed by atoms with van der Waals surface area (Å²) in [5.41, 5.74) is 2.49. The zero-order chi connectivity index (χ0) is 8.27. The number of anilines is 1. The number of nitrogens with zero attached hydrogens (tertiary/aromatic N) is 2. The van der Waals surface area contributed by atoms with Crippen LogP contribution in [0.4, 0.5) is 5.82 Å². The Labute approximate surface area is 66.4 Å². The second kappa shape index (κ2) is 3.39. The molecule has 1 rings (SSSR count). The fourth-order valence-electron chi connectivity index (χ4n) is 0.956. The lowest BCUT2D eigenvalue weighted by molar-refractivity contribution is 0.523. The van der Waals surface area contributed by atoms with Gasteiger partial charge >= 0.3 is 0 Å². The van der Waals surface area contributed by atoms with Gasteiger partial charge in [-0.1, -0.05) is 13.8 Å². The number of rotatable bonds is 3. The quantitative estimate of drug-likeness (QED) is 0.500. The van der Waals surface area contributed by atoms with Crippen LogP contribution in [0.5, 0.6) is 0 Å². The standard InChI is InChI=1S/C7H14N4/c1-6(2)3-11-4-7(10-8)9-5-11/h4-6,10H,3,8H2,1-2H3. The highest BCUT2D eigenvalue weighted by molar-refractivity contribution is 5.28. The van der Waals surface area contributed by atoms with Crippen molar-refractivity contribution in [1.29, 1.82) is 0 Å². The van der Waals surface area contributed by atoms with E-state index in [1.165, 1.54) is 0 Å². The molecule has 0 radical (unpaired) electrons. The van der Waals surface area contributed by atoms with E-state index in [2.05, 4.69) is 24.3 Å². The first kappa shape index (κ1) is 8.07. The van der Waals surface area contributed by atoms with E-state index < -0.39 is 0 Å². The van der Waals surface area contributed by atoms with Crippen molar-refractivity contribution in [3.63, 3.8) is 0 Å². The third-order valence-electron chi connectivity index (χ3n) is 1.36. The molecule has 0 amide bonds. The molecule has 62 valence electrons. The van der Waals surface area contributed by atoms with Crippen molar-refractivity contribution in [2.45, 2.75) is 20.4 Å². The van der Waals surface area contributed by atoms with Gasteiger partial charge in [-0.3, -0.25) is 0 Å². The van der Waals surface area contributed by atoms with E-state index in [0.717, 1.165) is 6.54 Å². The number of hydrazine groups is 1. The maximum absolute atomic E-state index is 5.17. The molecule has 0 spiro atoms. The Morgan fingerprint density at radius 1 is 1.73 bits per heavy atom. The first-order chi connectivity index (χ1) is 5.22. The molecule has 0 fully saturated rings. The average molecular weight is 154 g/mol. The molecule has 4 nitrogen and oxygen atoms in total. The summed E-state index contributed by atoms with van der Waals surface area (Å²) < 4.78 is 2.01. The van der Waals surface area contributed by atoms with E-state index in [4.69, 9.17) is 5.84 Å². The zero-order valence-corrected chi connectivity index (χ0v) is 6.91. The van der Waals surface area contributed by atoms with Gasteiger partial charge in [0.05, 0.1) is 6.33 Å². The maximum Gasteiger partial charge on any atom is 0.158 e. The lowest BCUT2D eigenvalue weighted by Gasteiger charge is -2.03. The highest BCUT2D eigenvalue weighted by Gasteiger charge is 1.97. The van der Waals surface area contributed by atoms with Gasteiger partial charge in [0.2, 0.25) is 0 Å². The Morgan fingerprint density at radius 2 is 2.45 bits per heavy atom. The van der Waals surface area contributed by atoms with Crippen LogP contribution in [0.25, 0.3) is 0 Å². The summed E-state index contributed by atoms with van der Waals surface area (Å²) in [5, 5.41) is 0. The number of imidazole rings is 1. The molecule has 0 aliphatic heterocycles. The van der Waals surface area contributed by atoms with Crippen LogP contribution in [-0.4, -0.2) is 9.55 Å². The van der Waals surface area contributed by atoms with Crippen LogP contribution in [0.3, 0.4) is 0 Å². The molecule has 1 heterocycles. The molecule has 0 aromatic carbocycles. The zero-order valence-electron chi connectivity index (χ0n) is 6.91. The van der Waals surface area contributed by atoms with E-state index >= 15 is 0 Å². The van der Waals surface area contributed by atoms with Crippen molar-refractivity contribution >= 4 is 5.82 Å². The lowest BCUT2D eigenvalue weighted by atomic mass is 10.2. The summed E-state index contributed by atoms with van der Waals surface area (Å²) >= 11 is 0. The van der Waals surface area contributed by atoms with E-state index in [1.54, 1.807) is 6.33 Å². The van der Waals surface area contributed by atoms with Crippen LogP contribution < -0.4 is 11.3 Å². The van der Waals surface area contributed by atoms with Crippen molar-refractivity contribution < 1.29 is 0 Å². The highest BCUT2D eigenvalue weighted by atomic mass is 15.3. The highest BCUT2D eigenvalue weighted by Crippen LogP contribution is 2.03. The third-order valence-corrected chi connectivity index (χ3v) is 1.36. The molecular formula is C7H14N4. The van der Waals surface area contributed by atoms with E-state index in [9.17, 15) is 0 Å². The fraction of sp³-hybridized carbons (Fsp3) is 0.571. The molecule has 0 aliphatic rings. The van der Waals surface area contributed by atoms with Crippen molar-refractivity contribution in [1.82, 2.24) is 9.55 Å². The van der Waals surface area contributed by atoms with Crippen LogP contribution in [0.1, 0.15) is 13.8 Å². The molecular weight excluding hydrogens is 140 g/mol. The average Bonchev–Trinajstić information content (AvgIpc) is 2.34. The van der Waals surface area contributed by atoms with Crippen molar-refractivity contribution in [2.75, 3.05) is 5.43 Å². The minimum atomic E-state index is 0.634. The lowest BCUT2D eigenvalue weighted by Crippen LogP contribution is -2.07. The van der Waals surface area contributed by atoms with E-state index in [0.29, 0.717) is 11.7 Å². The van der Waals surface area contributed by atoms with Gasteiger partial charge in [-0.2, -0.15) is 0 Å². The Morgan fingerprint density at radius 3 is 2.91 bits per heavy atom. The number of nitrogens with two attached hydrogens (primary N) is 1. The molecule has 0 aliphatic carbocycles. The summed E-state index contributed by atoms with van der Waals surface area (Å²) in [6, 6.07) is 0. The molecule has 3 N–H and O–H groups in total.